The zero-order chi connectivity index (χ0) is 10.7. The lowest BCUT2D eigenvalue weighted by atomic mass is 9.83. The van der Waals surface area contributed by atoms with Crippen molar-refractivity contribution in [1.29, 1.82) is 0 Å². The lowest BCUT2D eigenvalue weighted by Gasteiger charge is -2.37. The van der Waals surface area contributed by atoms with Crippen LogP contribution < -0.4 is 5.73 Å². The molecule has 2 rings (SSSR count). The van der Waals surface area contributed by atoms with Gasteiger partial charge in [0.15, 0.2) is 0 Å². The summed E-state index contributed by atoms with van der Waals surface area (Å²) < 4.78 is 5.22. The maximum absolute atomic E-state index is 6.20. The summed E-state index contributed by atoms with van der Waals surface area (Å²) in [5, 5.41) is 1.44. The van der Waals surface area contributed by atoms with Crippen molar-refractivity contribution in [2.75, 3.05) is 13.2 Å². The summed E-state index contributed by atoms with van der Waals surface area (Å²) in [7, 11) is 0. The average molecular weight is 229 g/mol. The van der Waals surface area contributed by atoms with Gasteiger partial charge in [0, 0.05) is 11.3 Å². The van der Waals surface area contributed by atoms with Crippen LogP contribution in [0.5, 0.6) is 0 Å². The molecule has 0 aromatic heterocycles. The van der Waals surface area contributed by atoms with E-state index in [2.05, 4.69) is 18.7 Å². The van der Waals surface area contributed by atoms with Crippen LogP contribution in [0, 0.1) is 5.92 Å². The molecule has 88 valence electrons. The minimum atomic E-state index is 0.434. The maximum Gasteiger partial charge on any atom is 0.0608 e. The molecule has 0 aromatic carbocycles. The lowest BCUT2D eigenvalue weighted by molar-refractivity contribution is 0.0450. The van der Waals surface area contributed by atoms with Crippen LogP contribution in [-0.4, -0.2) is 29.8 Å². The molecule has 15 heavy (non-hydrogen) atoms. The fourth-order valence-corrected chi connectivity index (χ4v) is 4.17. The predicted octanol–water partition coefficient (Wildman–Crippen LogP) is 2.41. The Kier molecular flexibility index (Phi) is 4.35. The quantitative estimate of drug-likeness (QED) is 0.804. The first-order valence-electron chi connectivity index (χ1n) is 6.28. The fraction of sp³-hybridized carbons (Fsp3) is 1.00. The van der Waals surface area contributed by atoms with E-state index in [1.165, 1.54) is 32.1 Å². The second-order valence-electron chi connectivity index (χ2n) is 4.97. The van der Waals surface area contributed by atoms with Crippen LogP contribution in [0.25, 0.3) is 0 Å². The molecule has 0 bridgehead atoms. The summed E-state index contributed by atoms with van der Waals surface area (Å²) in [6, 6.07) is 0.434. The number of ether oxygens (including phenoxy) is 1. The third kappa shape index (κ3) is 3.11. The van der Waals surface area contributed by atoms with Gasteiger partial charge >= 0.3 is 0 Å². The van der Waals surface area contributed by atoms with Gasteiger partial charge in [-0.05, 0) is 25.2 Å². The highest BCUT2D eigenvalue weighted by Crippen LogP contribution is 2.37. The highest BCUT2D eigenvalue weighted by Gasteiger charge is 2.32. The van der Waals surface area contributed by atoms with E-state index in [0.717, 1.165) is 24.4 Å². The van der Waals surface area contributed by atoms with Crippen molar-refractivity contribution in [2.45, 2.75) is 55.6 Å². The predicted molar refractivity (Wildman–Crippen MR) is 66.2 cm³/mol. The standard InChI is InChI=1S/C12H23NOS/c1-2-3-9-4-5-11(13)12(6-9)15-10-7-14-8-10/h9-12H,2-8,13H2,1H3. The molecule has 0 spiro atoms. The molecule has 1 heterocycles. The van der Waals surface area contributed by atoms with E-state index in [9.17, 15) is 0 Å². The SMILES string of the molecule is CCCC1CCC(N)C(SC2COC2)C1. The van der Waals surface area contributed by atoms with Crippen molar-refractivity contribution >= 4 is 11.8 Å². The van der Waals surface area contributed by atoms with E-state index in [-0.39, 0.29) is 0 Å². The number of hydrogen-bond donors (Lipinski definition) is 1. The molecule has 2 N–H and O–H groups in total. The van der Waals surface area contributed by atoms with Crippen LogP contribution in [0.15, 0.2) is 0 Å². The molecule has 3 heteroatoms. The van der Waals surface area contributed by atoms with Crippen LogP contribution >= 0.6 is 11.8 Å². The molecule has 2 fully saturated rings. The summed E-state index contributed by atoms with van der Waals surface area (Å²) in [6.07, 6.45) is 6.65. The van der Waals surface area contributed by atoms with E-state index in [0.29, 0.717) is 11.3 Å². The van der Waals surface area contributed by atoms with E-state index in [1.54, 1.807) is 0 Å². The molecule has 2 nitrogen and oxygen atoms in total. The van der Waals surface area contributed by atoms with Gasteiger partial charge in [0.25, 0.3) is 0 Å². The van der Waals surface area contributed by atoms with Crippen LogP contribution in [0.1, 0.15) is 39.0 Å². The van der Waals surface area contributed by atoms with Crippen molar-refractivity contribution in [2.24, 2.45) is 11.7 Å². The van der Waals surface area contributed by atoms with Crippen LogP contribution in [0.2, 0.25) is 0 Å². The number of hydrogen-bond acceptors (Lipinski definition) is 3. The van der Waals surface area contributed by atoms with E-state index < -0.39 is 0 Å². The summed E-state index contributed by atoms with van der Waals surface area (Å²) in [5.74, 6) is 0.938. The largest absolute Gasteiger partial charge is 0.379 e. The molecule has 3 atom stereocenters. The topological polar surface area (TPSA) is 35.2 Å². The van der Waals surface area contributed by atoms with Crippen molar-refractivity contribution in [3.05, 3.63) is 0 Å². The number of thioether (sulfide) groups is 1. The maximum atomic E-state index is 6.20. The smallest absolute Gasteiger partial charge is 0.0608 e. The van der Waals surface area contributed by atoms with Gasteiger partial charge in [-0.15, -0.1) is 11.8 Å². The van der Waals surface area contributed by atoms with E-state index in [4.69, 9.17) is 10.5 Å². The van der Waals surface area contributed by atoms with E-state index in [1.807, 2.05) is 0 Å². The van der Waals surface area contributed by atoms with Crippen molar-refractivity contribution in [3.8, 4) is 0 Å². The van der Waals surface area contributed by atoms with Gasteiger partial charge in [-0.2, -0.15) is 0 Å². The van der Waals surface area contributed by atoms with Gasteiger partial charge in [0.05, 0.1) is 18.5 Å². The Morgan fingerprint density at radius 1 is 1.33 bits per heavy atom. The molecule has 2 aliphatic rings. The summed E-state index contributed by atoms with van der Waals surface area (Å²) in [5.41, 5.74) is 6.20. The van der Waals surface area contributed by atoms with Gasteiger partial charge in [-0.25, -0.2) is 0 Å². The average Bonchev–Trinajstić information content (AvgIpc) is 2.16. The molecule has 0 aromatic rings. The highest BCUT2D eigenvalue weighted by atomic mass is 32.2. The number of nitrogens with two attached hydrogens (primary N) is 1. The van der Waals surface area contributed by atoms with Crippen molar-refractivity contribution in [1.82, 2.24) is 0 Å². The summed E-state index contributed by atoms with van der Waals surface area (Å²) >= 11 is 2.10. The Balaban J connectivity index is 1.78. The third-order valence-electron chi connectivity index (χ3n) is 3.62. The third-order valence-corrected chi connectivity index (χ3v) is 5.17. The minimum Gasteiger partial charge on any atom is -0.379 e. The van der Waals surface area contributed by atoms with Crippen molar-refractivity contribution in [3.63, 3.8) is 0 Å². The molecule has 0 amide bonds. The molecule has 1 saturated carbocycles. The second-order valence-corrected chi connectivity index (χ2v) is 6.51. The van der Waals surface area contributed by atoms with Gasteiger partial charge in [0.1, 0.15) is 0 Å². The number of rotatable bonds is 4. The van der Waals surface area contributed by atoms with Crippen molar-refractivity contribution < 1.29 is 4.74 Å². The Labute approximate surface area is 97.3 Å². The van der Waals surface area contributed by atoms with E-state index >= 15 is 0 Å². The molecule has 3 unspecified atom stereocenters. The van der Waals surface area contributed by atoms with Crippen LogP contribution in [0.3, 0.4) is 0 Å². The molecule has 1 saturated heterocycles. The lowest BCUT2D eigenvalue weighted by Crippen LogP contribution is -2.42. The minimum absolute atomic E-state index is 0.434. The Morgan fingerprint density at radius 2 is 2.13 bits per heavy atom. The van der Waals surface area contributed by atoms with Gasteiger partial charge < -0.3 is 10.5 Å². The second kappa shape index (κ2) is 5.55. The monoisotopic (exact) mass is 229 g/mol. The molecule has 1 aliphatic carbocycles. The van der Waals surface area contributed by atoms with Crippen LogP contribution in [-0.2, 0) is 4.74 Å². The van der Waals surface area contributed by atoms with Gasteiger partial charge in [-0.1, -0.05) is 19.8 Å². The zero-order valence-corrected chi connectivity index (χ0v) is 10.5. The molecular formula is C12H23NOS. The first kappa shape index (κ1) is 11.7. The Bertz CT molecular complexity index is 196. The normalized spacial score (nSPS) is 37.6. The Morgan fingerprint density at radius 3 is 2.73 bits per heavy atom. The van der Waals surface area contributed by atoms with Crippen LogP contribution in [0.4, 0.5) is 0 Å². The highest BCUT2D eigenvalue weighted by molar-refractivity contribution is 8.00. The first-order valence-corrected chi connectivity index (χ1v) is 7.22. The molecular weight excluding hydrogens is 206 g/mol. The molecule has 0 radical (unpaired) electrons. The molecule has 1 aliphatic heterocycles. The van der Waals surface area contributed by atoms with Gasteiger partial charge in [-0.3, -0.25) is 0 Å². The van der Waals surface area contributed by atoms with Gasteiger partial charge in [0.2, 0.25) is 0 Å². The fourth-order valence-electron chi connectivity index (χ4n) is 2.60. The zero-order valence-electron chi connectivity index (χ0n) is 9.65. The Hall–Kier alpha value is 0.270. The summed E-state index contributed by atoms with van der Waals surface area (Å²) in [6.45, 7) is 4.19. The summed E-state index contributed by atoms with van der Waals surface area (Å²) in [4.78, 5) is 0. The first-order chi connectivity index (χ1) is 7.29.